The van der Waals surface area contributed by atoms with Gasteiger partial charge in [-0.3, -0.25) is 10.1 Å². The lowest BCUT2D eigenvalue weighted by Crippen LogP contribution is -2.25. The SMILES string of the molecule is COC(=O)CNCc1ncnn1C(C)C. The minimum atomic E-state index is -0.286. The molecule has 0 aliphatic rings. The van der Waals surface area contributed by atoms with Gasteiger partial charge in [-0.1, -0.05) is 0 Å². The molecule has 1 heterocycles. The van der Waals surface area contributed by atoms with E-state index in [9.17, 15) is 4.79 Å². The average molecular weight is 212 g/mol. The van der Waals surface area contributed by atoms with Gasteiger partial charge in [0.1, 0.15) is 12.2 Å². The Morgan fingerprint density at radius 3 is 3.00 bits per heavy atom. The van der Waals surface area contributed by atoms with E-state index in [-0.39, 0.29) is 18.6 Å². The predicted octanol–water partition coefficient (Wildman–Crippen LogP) is 0.122. The van der Waals surface area contributed by atoms with Crippen molar-refractivity contribution in [2.45, 2.75) is 26.4 Å². The quantitative estimate of drug-likeness (QED) is 0.702. The van der Waals surface area contributed by atoms with Crippen LogP contribution in [0, 0.1) is 0 Å². The largest absolute Gasteiger partial charge is 0.468 e. The number of ether oxygens (including phenoxy) is 1. The Bertz CT molecular complexity index is 322. The maximum atomic E-state index is 10.8. The average Bonchev–Trinajstić information content (AvgIpc) is 2.65. The minimum absolute atomic E-state index is 0.182. The summed E-state index contributed by atoms with van der Waals surface area (Å²) in [6.45, 7) is 4.74. The van der Waals surface area contributed by atoms with Gasteiger partial charge in [0.25, 0.3) is 0 Å². The number of hydrogen-bond acceptors (Lipinski definition) is 5. The second kappa shape index (κ2) is 5.45. The lowest BCUT2D eigenvalue weighted by molar-refractivity contribution is -0.139. The number of hydrogen-bond donors (Lipinski definition) is 1. The molecule has 6 heteroatoms. The van der Waals surface area contributed by atoms with E-state index in [1.165, 1.54) is 13.4 Å². The first-order chi connectivity index (χ1) is 7.15. The van der Waals surface area contributed by atoms with Gasteiger partial charge in [-0.2, -0.15) is 5.10 Å². The molecular weight excluding hydrogens is 196 g/mol. The highest BCUT2D eigenvalue weighted by Crippen LogP contribution is 2.04. The van der Waals surface area contributed by atoms with Crippen molar-refractivity contribution in [2.75, 3.05) is 13.7 Å². The monoisotopic (exact) mass is 212 g/mol. The molecule has 0 bridgehead atoms. The second-order valence-corrected chi connectivity index (χ2v) is 3.39. The van der Waals surface area contributed by atoms with Gasteiger partial charge in [0, 0.05) is 6.04 Å². The van der Waals surface area contributed by atoms with E-state index in [4.69, 9.17) is 0 Å². The maximum absolute atomic E-state index is 10.8. The molecule has 0 fully saturated rings. The summed E-state index contributed by atoms with van der Waals surface area (Å²) in [4.78, 5) is 14.9. The molecule has 0 spiro atoms. The third-order valence-electron chi connectivity index (χ3n) is 1.92. The number of aromatic nitrogens is 3. The third-order valence-corrected chi connectivity index (χ3v) is 1.92. The van der Waals surface area contributed by atoms with Crippen LogP contribution in [0.25, 0.3) is 0 Å². The smallest absolute Gasteiger partial charge is 0.319 e. The fraction of sp³-hybridized carbons (Fsp3) is 0.667. The van der Waals surface area contributed by atoms with Crippen molar-refractivity contribution >= 4 is 5.97 Å². The molecule has 0 unspecified atom stereocenters. The van der Waals surface area contributed by atoms with Gasteiger partial charge in [0.05, 0.1) is 20.2 Å². The van der Waals surface area contributed by atoms with Crippen molar-refractivity contribution in [2.24, 2.45) is 0 Å². The molecule has 0 saturated carbocycles. The van der Waals surface area contributed by atoms with E-state index in [2.05, 4.69) is 20.1 Å². The van der Waals surface area contributed by atoms with Crippen molar-refractivity contribution < 1.29 is 9.53 Å². The van der Waals surface area contributed by atoms with Gasteiger partial charge in [-0.05, 0) is 13.8 Å². The highest BCUT2D eigenvalue weighted by atomic mass is 16.5. The summed E-state index contributed by atoms with van der Waals surface area (Å²) in [5.74, 6) is 0.527. The van der Waals surface area contributed by atoms with Crippen LogP contribution in [-0.4, -0.2) is 34.4 Å². The Hall–Kier alpha value is -1.43. The highest BCUT2D eigenvalue weighted by molar-refractivity contribution is 5.71. The zero-order chi connectivity index (χ0) is 11.3. The van der Waals surface area contributed by atoms with Crippen molar-refractivity contribution in [3.05, 3.63) is 12.2 Å². The molecule has 0 aliphatic heterocycles. The second-order valence-electron chi connectivity index (χ2n) is 3.39. The molecule has 0 atom stereocenters. The number of rotatable bonds is 5. The lowest BCUT2D eigenvalue weighted by atomic mass is 10.4. The summed E-state index contributed by atoms with van der Waals surface area (Å²) in [7, 11) is 1.36. The van der Waals surface area contributed by atoms with E-state index < -0.39 is 0 Å². The van der Waals surface area contributed by atoms with Gasteiger partial charge in [0.15, 0.2) is 0 Å². The zero-order valence-electron chi connectivity index (χ0n) is 9.23. The topological polar surface area (TPSA) is 69.0 Å². The van der Waals surface area contributed by atoms with Gasteiger partial charge >= 0.3 is 5.97 Å². The molecule has 1 aromatic heterocycles. The molecule has 84 valence electrons. The number of nitrogens with one attached hydrogen (secondary N) is 1. The molecule has 6 nitrogen and oxygen atoms in total. The number of methoxy groups -OCH3 is 1. The van der Waals surface area contributed by atoms with E-state index in [1.807, 2.05) is 18.5 Å². The van der Waals surface area contributed by atoms with Crippen LogP contribution in [0.3, 0.4) is 0 Å². The summed E-state index contributed by atoms with van der Waals surface area (Å²) in [5, 5.41) is 7.02. The van der Waals surface area contributed by atoms with Crippen molar-refractivity contribution in [1.29, 1.82) is 0 Å². The normalized spacial score (nSPS) is 10.7. The summed E-state index contributed by atoms with van der Waals surface area (Å²) in [5.41, 5.74) is 0. The van der Waals surface area contributed by atoms with Crippen LogP contribution < -0.4 is 5.32 Å². The fourth-order valence-electron chi connectivity index (χ4n) is 1.18. The predicted molar refractivity (Wildman–Crippen MR) is 54.1 cm³/mol. The Labute approximate surface area is 88.6 Å². The first-order valence-electron chi connectivity index (χ1n) is 4.81. The van der Waals surface area contributed by atoms with Crippen LogP contribution in [0.1, 0.15) is 25.7 Å². The van der Waals surface area contributed by atoms with E-state index in [0.717, 1.165) is 5.82 Å². The maximum Gasteiger partial charge on any atom is 0.319 e. The first-order valence-corrected chi connectivity index (χ1v) is 4.81. The number of carbonyl (C=O) groups excluding carboxylic acids is 1. The van der Waals surface area contributed by atoms with Gasteiger partial charge in [-0.25, -0.2) is 9.67 Å². The minimum Gasteiger partial charge on any atom is -0.468 e. The van der Waals surface area contributed by atoms with Crippen LogP contribution in [0.2, 0.25) is 0 Å². The van der Waals surface area contributed by atoms with Crippen LogP contribution in [0.4, 0.5) is 0 Å². The van der Waals surface area contributed by atoms with Gasteiger partial charge in [0.2, 0.25) is 0 Å². The van der Waals surface area contributed by atoms with Crippen LogP contribution in [-0.2, 0) is 16.1 Å². The highest BCUT2D eigenvalue weighted by Gasteiger charge is 2.07. The molecular formula is C9H16N4O2. The number of carbonyl (C=O) groups is 1. The Balaban J connectivity index is 2.43. The standard InChI is InChI=1S/C9H16N4O2/c1-7(2)13-8(11-6-12-13)4-10-5-9(14)15-3/h6-7,10H,4-5H2,1-3H3. The van der Waals surface area contributed by atoms with Crippen LogP contribution in [0.5, 0.6) is 0 Å². The van der Waals surface area contributed by atoms with E-state index in [0.29, 0.717) is 6.54 Å². The third kappa shape index (κ3) is 3.32. The molecule has 0 aliphatic carbocycles. The van der Waals surface area contributed by atoms with E-state index in [1.54, 1.807) is 0 Å². The van der Waals surface area contributed by atoms with Crippen LogP contribution >= 0.6 is 0 Å². The van der Waals surface area contributed by atoms with E-state index >= 15 is 0 Å². The molecule has 0 amide bonds. The zero-order valence-corrected chi connectivity index (χ0v) is 9.23. The first kappa shape index (κ1) is 11.6. The molecule has 0 radical (unpaired) electrons. The molecule has 1 rings (SSSR count). The molecule has 15 heavy (non-hydrogen) atoms. The lowest BCUT2D eigenvalue weighted by Gasteiger charge is -2.09. The summed E-state index contributed by atoms with van der Waals surface area (Å²) >= 11 is 0. The molecule has 0 saturated heterocycles. The molecule has 1 N–H and O–H groups in total. The van der Waals surface area contributed by atoms with Crippen molar-refractivity contribution in [3.63, 3.8) is 0 Å². The van der Waals surface area contributed by atoms with Crippen molar-refractivity contribution in [1.82, 2.24) is 20.1 Å². The Kier molecular flexibility index (Phi) is 4.23. The summed E-state index contributed by atoms with van der Waals surface area (Å²) < 4.78 is 6.31. The number of nitrogens with zero attached hydrogens (tertiary/aromatic N) is 3. The summed E-state index contributed by atoms with van der Waals surface area (Å²) in [6, 6.07) is 0.266. The Morgan fingerprint density at radius 1 is 1.67 bits per heavy atom. The molecule has 0 aromatic carbocycles. The summed E-state index contributed by atoms with van der Waals surface area (Å²) in [6.07, 6.45) is 1.51. The molecule has 1 aromatic rings. The van der Waals surface area contributed by atoms with Crippen molar-refractivity contribution in [3.8, 4) is 0 Å². The Morgan fingerprint density at radius 2 is 2.40 bits per heavy atom. The van der Waals surface area contributed by atoms with Gasteiger partial charge in [-0.15, -0.1) is 0 Å². The number of esters is 1. The van der Waals surface area contributed by atoms with Crippen LogP contribution in [0.15, 0.2) is 6.33 Å². The van der Waals surface area contributed by atoms with Gasteiger partial charge < -0.3 is 4.74 Å². The fourth-order valence-corrected chi connectivity index (χ4v) is 1.18.